The number of phenols is 1. The first kappa shape index (κ1) is 21.3. The van der Waals surface area contributed by atoms with Crippen LogP contribution in [0.15, 0.2) is 78.4 Å². The maximum atomic E-state index is 13.1. The van der Waals surface area contributed by atoms with E-state index in [1.807, 2.05) is 6.07 Å². The average molecular weight is 441 g/mol. The second-order valence-corrected chi connectivity index (χ2v) is 7.23. The van der Waals surface area contributed by atoms with Gasteiger partial charge in [0.05, 0.1) is 28.2 Å². The summed E-state index contributed by atoms with van der Waals surface area (Å²) in [7, 11) is 0. The summed E-state index contributed by atoms with van der Waals surface area (Å²) in [5.74, 6) is -2.48. The quantitative estimate of drug-likeness (QED) is 0.206. The topological polar surface area (TPSA) is 145 Å². The summed E-state index contributed by atoms with van der Waals surface area (Å²) in [6.07, 6.45) is 0. The van der Waals surface area contributed by atoms with Gasteiger partial charge < -0.3 is 10.2 Å². The minimum absolute atomic E-state index is 0.00538. The number of nitrogens with zero attached hydrogens (tertiary/aromatic N) is 3. The zero-order valence-corrected chi connectivity index (χ0v) is 16.9. The summed E-state index contributed by atoms with van der Waals surface area (Å²) in [6, 6.07) is 17.8. The summed E-state index contributed by atoms with van der Waals surface area (Å²) in [4.78, 5) is 37.8. The molecule has 0 aromatic heterocycles. The number of phenolic OH excluding ortho intramolecular Hbond substituents is 1. The van der Waals surface area contributed by atoms with E-state index in [9.17, 15) is 29.9 Å². The van der Waals surface area contributed by atoms with E-state index in [0.29, 0.717) is 16.8 Å². The maximum Gasteiger partial charge on any atom is 0.300 e. The molecule has 0 saturated carbocycles. The van der Waals surface area contributed by atoms with Gasteiger partial charge in [-0.15, -0.1) is 0 Å². The lowest BCUT2D eigenvalue weighted by atomic mass is 9.95. The number of carbonyl (C=O) groups is 2. The van der Waals surface area contributed by atoms with Crippen LogP contribution in [0.25, 0.3) is 5.76 Å². The van der Waals surface area contributed by atoms with Gasteiger partial charge in [0.25, 0.3) is 17.4 Å². The molecule has 3 aromatic carbocycles. The summed E-state index contributed by atoms with van der Waals surface area (Å²) in [5, 5.41) is 40.9. The Balaban J connectivity index is 1.93. The smallest absolute Gasteiger partial charge is 0.300 e. The normalized spacial score (nSPS) is 17.1. The van der Waals surface area contributed by atoms with Crippen LogP contribution < -0.4 is 4.90 Å². The number of nitro groups is 1. The van der Waals surface area contributed by atoms with Crippen molar-refractivity contribution in [1.29, 1.82) is 5.26 Å². The number of anilines is 1. The average Bonchev–Trinajstić information content (AvgIpc) is 3.09. The SMILES string of the molecule is N#Cc1ccc(N2C(=O)C(=O)/C(=C(\O)c3cccc([N+](=O)[O-])c3)C2c2ccc(O)cc2)cc1. The van der Waals surface area contributed by atoms with E-state index in [2.05, 4.69) is 0 Å². The van der Waals surface area contributed by atoms with Gasteiger partial charge in [-0.3, -0.25) is 24.6 Å². The van der Waals surface area contributed by atoms with Crippen molar-refractivity contribution in [3.05, 3.63) is 105 Å². The number of aliphatic hydroxyl groups excluding tert-OH is 1. The highest BCUT2D eigenvalue weighted by atomic mass is 16.6. The number of aromatic hydroxyl groups is 1. The fraction of sp³-hybridized carbons (Fsp3) is 0.0417. The number of non-ortho nitro benzene ring substituents is 1. The standard InChI is InChI=1S/C24H15N3O6/c25-13-14-4-8-17(9-5-14)26-21(15-6-10-19(28)11-7-15)20(23(30)24(26)31)22(29)16-2-1-3-18(12-16)27(32)33/h1-12,21,28-29H/b22-20-. The molecule has 162 valence electrons. The van der Waals surface area contributed by atoms with Crippen molar-refractivity contribution in [2.45, 2.75) is 6.04 Å². The van der Waals surface area contributed by atoms with Crippen molar-refractivity contribution < 1.29 is 24.7 Å². The Hall–Kier alpha value is -4.97. The van der Waals surface area contributed by atoms with Crippen LogP contribution in [0.4, 0.5) is 11.4 Å². The molecule has 4 rings (SSSR count). The molecule has 1 fully saturated rings. The van der Waals surface area contributed by atoms with Crippen LogP contribution in [0.1, 0.15) is 22.7 Å². The third-order valence-corrected chi connectivity index (χ3v) is 5.26. The fourth-order valence-corrected chi connectivity index (χ4v) is 3.69. The predicted octanol–water partition coefficient (Wildman–Crippen LogP) is 3.80. The van der Waals surface area contributed by atoms with Crippen LogP contribution in [0.5, 0.6) is 5.75 Å². The second kappa shape index (κ2) is 8.28. The number of nitriles is 1. The van der Waals surface area contributed by atoms with Gasteiger partial charge in [-0.2, -0.15) is 5.26 Å². The van der Waals surface area contributed by atoms with Gasteiger partial charge in [0.2, 0.25) is 0 Å². The van der Waals surface area contributed by atoms with Gasteiger partial charge >= 0.3 is 0 Å². The van der Waals surface area contributed by atoms with Crippen LogP contribution in [-0.2, 0) is 9.59 Å². The predicted molar refractivity (Wildman–Crippen MR) is 117 cm³/mol. The number of rotatable bonds is 4. The van der Waals surface area contributed by atoms with Crippen molar-refractivity contribution in [2.24, 2.45) is 0 Å². The van der Waals surface area contributed by atoms with E-state index in [1.165, 1.54) is 71.6 Å². The van der Waals surface area contributed by atoms with Crippen molar-refractivity contribution in [2.75, 3.05) is 4.90 Å². The van der Waals surface area contributed by atoms with E-state index in [1.54, 1.807) is 0 Å². The van der Waals surface area contributed by atoms with Gasteiger partial charge in [-0.05, 0) is 42.0 Å². The van der Waals surface area contributed by atoms with Crippen LogP contribution in [0.3, 0.4) is 0 Å². The number of hydrogen-bond acceptors (Lipinski definition) is 7. The molecule has 33 heavy (non-hydrogen) atoms. The van der Waals surface area contributed by atoms with E-state index in [4.69, 9.17) is 5.26 Å². The lowest BCUT2D eigenvalue weighted by Gasteiger charge is -2.25. The first-order chi connectivity index (χ1) is 15.8. The summed E-state index contributed by atoms with van der Waals surface area (Å²) in [5.41, 5.74) is 0.548. The number of amides is 1. The lowest BCUT2D eigenvalue weighted by Crippen LogP contribution is -2.29. The Morgan fingerprint density at radius 2 is 1.70 bits per heavy atom. The molecule has 1 amide bonds. The number of hydrogen-bond donors (Lipinski definition) is 2. The van der Waals surface area contributed by atoms with Crippen molar-refractivity contribution >= 4 is 28.8 Å². The van der Waals surface area contributed by atoms with Crippen molar-refractivity contribution in [1.82, 2.24) is 0 Å². The highest BCUT2D eigenvalue weighted by molar-refractivity contribution is 6.51. The Labute approximate surface area is 187 Å². The number of carbonyl (C=O) groups excluding carboxylic acids is 2. The minimum Gasteiger partial charge on any atom is -0.508 e. The molecular formula is C24H15N3O6. The first-order valence-corrected chi connectivity index (χ1v) is 9.66. The molecule has 3 aromatic rings. The van der Waals surface area contributed by atoms with Gasteiger partial charge in [0, 0.05) is 23.4 Å². The molecule has 9 heteroatoms. The van der Waals surface area contributed by atoms with Crippen LogP contribution in [-0.4, -0.2) is 26.8 Å². The minimum atomic E-state index is -1.07. The van der Waals surface area contributed by atoms with Crippen molar-refractivity contribution in [3.8, 4) is 11.8 Å². The molecule has 1 heterocycles. The number of Topliss-reactive ketones (excluding diaryl/α,β-unsaturated/α-hetero) is 1. The molecule has 0 aliphatic carbocycles. The summed E-state index contributed by atoms with van der Waals surface area (Å²) in [6.45, 7) is 0. The molecule has 0 bridgehead atoms. The molecule has 1 unspecified atom stereocenters. The maximum absolute atomic E-state index is 13.1. The number of benzene rings is 3. The third kappa shape index (κ3) is 3.77. The van der Waals surface area contributed by atoms with Crippen LogP contribution >= 0.6 is 0 Å². The molecule has 1 aliphatic rings. The fourth-order valence-electron chi connectivity index (χ4n) is 3.69. The Morgan fingerprint density at radius 1 is 1.03 bits per heavy atom. The summed E-state index contributed by atoms with van der Waals surface area (Å²) < 4.78 is 0. The Kier molecular flexibility index (Phi) is 5.34. The Bertz CT molecular complexity index is 1350. The molecule has 2 N–H and O–H groups in total. The molecular weight excluding hydrogens is 426 g/mol. The lowest BCUT2D eigenvalue weighted by molar-refractivity contribution is -0.384. The van der Waals surface area contributed by atoms with Crippen LogP contribution in [0, 0.1) is 21.4 Å². The zero-order valence-electron chi connectivity index (χ0n) is 16.9. The van der Waals surface area contributed by atoms with E-state index < -0.39 is 28.4 Å². The molecule has 0 radical (unpaired) electrons. The third-order valence-electron chi connectivity index (χ3n) is 5.26. The van der Waals surface area contributed by atoms with E-state index >= 15 is 0 Å². The molecule has 9 nitrogen and oxygen atoms in total. The second-order valence-electron chi connectivity index (χ2n) is 7.23. The van der Waals surface area contributed by atoms with Gasteiger partial charge in [-0.25, -0.2) is 0 Å². The monoisotopic (exact) mass is 441 g/mol. The molecule has 1 saturated heterocycles. The van der Waals surface area contributed by atoms with E-state index in [0.717, 1.165) is 6.07 Å². The van der Waals surface area contributed by atoms with Gasteiger partial charge in [0.1, 0.15) is 11.5 Å². The zero-order chi connectivity index (χ0) is 23.7. The van der Waals surface area contributed by atoms with Gasteiger partial charge in [0.15, 0.2) is 0 Å². The largest absolute Gasteiger partial charge is 0.508 e. The Morgan fingerprint density at radius 3 is 2.30 bits per heavy atom. The molecule has 1 atom stereocenters. The highest BCUT2D eigenvalue weighted by Crippen LogP contribution is 2.42. The first-order valence-electron chi connectivity index (χ1n) is 9.66. The number of aliphatic hydroxyl groups is 1. The highest BCUT2D eigenvalue weighted by Gasteiger charge is 2.47. The van der Waals surface area contributed by atoms with E-state index in [-0.39, 0.29) is 22.6 Å². The molecule has 1 aliphatic heterocycles. The number of ketones is 1. The summed E-state index contributed by atoms with van der Waals surface area (Å²) >= 11 is 0. The molecule has 0 spiro atoms. The van der Waals surface area contributed by atoms with Crippen LogP contribution in [0.2, 0.25) is 0 Å². The van der Waals surface area contributed by atoms with Gasteiger partial charge in [-0.1, -0.05) is 24.3 Å². The number of nitro benzene ring substituents is 1. The van der Waals surface area contributed by atoms with Crippen molar-refractivity contribution in [3.63, 3.8) is 0 Å².